The molecule has 0 aliphatic rings. The number of benzene rings is 2. The SMILES string of the molecule is CNCc1cc(Cl)ccc1-c1cccc2cnccc12. The zero-order valence-electron chi connectivity index (χ0n) is 11.2. The van der Waals surface area contributed by atoms with E-state index in [0.717, 1.165) is 17.0 Å². The molecule has 0 saturated carbocycles. The Kier molecular flexibility index (Phi) is 3.68. The minimum atomic E-state index is 0.765. The molecule has 100 valence electrons. The number of halogens is 1. The second kappa shape index (κ2) is 5.61. The number of hydrogen-bond donors (Lipinski definition) is 1. The molecule has 0 amide bonds. The van der Waals surface area contributed by atoms with E-state index in [1.54, 1.807) is 0 Å². The maximum Gasteiger partial charge on any atom is 0.0409 e. The summed E-state index contributed by atoms with van der Waals surface area (Å²) in [6, 6.07) is 14.4. The lowest BCUT2D eigenvalue weighted by molar-refractivity contribution is 0.819. The summed E-state index contributed by atoms with van der Waals surface area (Å²) in [5, 5.41) is 6.32. The molecule has 1 heterocycles. The van der Waals surface area contributed by atoms with E-state index in [1.807, 2.05) is 31.6 Å². The molecule has 1 aromatic heterocycles. The molecule has 2 nitrogen and oxygen atoms in total. The van der Waals surface area contributed by atoms with Gasteiger partial charge in [-0.3, -0.25) is 4.98 Å². The van der Waals surface area contributed by atoms with Crippen LogP contribution in [0.25, 0.3) is 21.9 Å². The van der Waals surface area contributed by atoms with Gasteiger partial charge < -0.3 is 5.32 Å². The summed E-state index contributed by atoms with van der Waals surface area (Å²) in [5.74, 6) is 0. The molecule has 3 heteroatoms. The fourth-order valence-corrected chi connectivity index (χ4v) is 2.71. The van der Waals surface area contributed by atoms with Gasteiger partial charge >= 0.3 is 0 Å². The second-order valence-electron chi connectivity index (χ2n) is 4.73. The van der Waals surface area contributed by atoms with Crippen LogP contribution >= 0.6 is 11.6 Å². The van der Waals surface area contributed by atoms with Crippen LogP contribution in [-0.2, 0) is 6.54 Å². The topological polar surface area (TPSA) is 24.9 Å². The average molecular weight is 283 g/mol. The van der Waals surface area contributed by atoms with Crippen molar-refractivity contribution in [3.63, 3.8) is 0 Å². The van der Waals surface area contributed by atoms with Crippen molar-refractivity contribution in [3.8, 4) is 11.1 Å². The van der Waals surface area contributed by atoms with Gasteiger partial charge in [0.05, 0.1) is 0 Å². The van der Waals surface area contributed by atoms with Gasteiger partial charge in [-0.1, -0.05) is 35.9 Å². The molecule has 20 heavy (non-hydrogen) atoms. The Labute approximate surface area is 123 Å². The molecule has 0 aliphatic carbocycles. The van der Waals surface area contributed by atoms with Crippen molar-refractivity contribution >= 4 is 22.4 Å². The van der Waals surface area contributed by atoms with Gasteiger partial charge in [0, 0.05) is 29.3 Å². The third-order valence-corrected chi connectivity index (χ3v) is 3.64. The van der Waals surface area contributed by atoms with E-state index in [0.29, 0.717) is 0 Å². The summed E-state index contributed by atoms with van der Waals surface area (Å²) in [4.78, 5) is 4.19. The summed E-state index contributed by atoms with van der Waals surface area (Å²) in [6.07, 6.45) is 3.73. The van der Waals surface area contributed by atoms with Gasteiger partial charge in [-0.05, 0) is 47.3 Å². The van der Waals surface area contributed by atoms with Crippen LogP contribution in [0.5, 0.6) is 0 Å². The zero-order chi connectivity index (χ0) is 13.9. The molecule has 0 radical (unpaired) electrons. The average Bonchev–Trinajstić information content (AvgIpc) is 2.47. The fourth-order valence-electron chi connectivity index (χ4n) is 2.52. The molecule has 3 aromatic rings. The maximum absolute atomic E-state index is 6.12. The Morgan fingerprint density at radius 3 is 2.85 bits per heavy atom. The summed E-state index contributed by atoms with van der Waals surface area (Å²) >= 11 is 6.12. The smallest absolute Gasteiger partial charge is 0.0409 e. The highest BCUT2D eigenvalue weighted by Gasteiger charge is 2.08. The standard InChI is InChI=1S/C17H15ClN2/c1-19-10-13-9-14(18)5-6-15(13)17-4-2-3-12-11-20-8-7-16(12)17/h2-9,11,19H,10H2,1H3. The van der Waals surface area contributed by atoms with Crippen molar-refractivity contribution in [2.75, 3.05) is 7.05 Å². The van der Waals surface area contributed by atoms with Gasteiger partial charge in [-0.15, -0.1) is 0 Å². The van der Waals surface area contributed by atoms with Gasteiger partial charge in [0.25, 0.3) is 0 Å². The van der Waals surface area contributed by atoms with E-state index < -0.39 is 0 Å². The van der Waals surface area contributed by atoms with Crippen LogP contribution < -0.4 is 5.32 Å². The van der Waals surface area contributed by atoms with Crippen LogP contribution in [0.4, 0.5) is 0 Å². The Hall–Kier alpha value is -1.90. The van der Waals surface area contributed by atoms with Crippen molar-refractivity contribution in [1.82, 2.24) is 10.3 Å². The van der Waals surface area contributed by atoms with Crippen LogP contribution in [0.3, 0.4) is 0 Å². The number of rotatable bonds is 3. The molecule has 0 atom stereocenters. The monoisotopic (exact) mass is 282 g/mol. The maximum atomic E-state index is 6.12. The summed E-state index contributed by atoms with van der Waals surface area (Å²) < 4.78 is 0. The molecule has 0 unspecified atom stereocenters. The Morgan fingerprint density at radius 2 is 2.00 bits per heavy atom. The first-order valence-electron chi connectivity index (χ1n) is 6.56. The molecule has 3 rings (SSSR count). The molecular weight excluding hydrogens is 268 g/mol. The highest BCUT2D eigenvalue weighted by atomic mass is 35.5. The minimum Gasteiger partial charge on any atom is -0.316 e. The first-order valence-corrected chi connectivity index (χ1v) is 6.93. The van der Waals surface area contributed by atoms with E-state index in [2.05, 4.69) is 40.6 Å². The normalized spacial score (nSPS) is 10.9. The molecule has 2 aromatic carbocycles. The molecule has 1 N–H and O–H groups in total. The molecule has 0 fully saturated rings. The number of nitrogens with one attached hydrogen (secondary N) is 1. The van der Waals surface area contributed by atoms with Gasteiger partial charge in [-0.2, -0.15) is 0 Å². The van der Waals surface area contributed by atoms with E-state index in [1.165, 1.54) is 22.1 Å². The van der Waals surface area contributed by atoms with E-state index in [-0.39, 0.29) is 0 Å². The van der Waals surface area contributed by atoms with Gasteiger partial charge in [0.1, 0.15) is 0 Å². The molecule has 0 aliphatic heterocycles. The molecule has 0 bridgehead atoms. The number of fused-ring (bicyclic) bond motifs is 1. The third-order valence-electron chi connectivity index (χ3n) is 3.41. The van der Waals surface area contributed by atoms with Crippen LogP contribution in [0.15, 0.2) is 54.9 Å². The highest BCUT2D eigenvalue weighted by molar-refractivity contribution is 6.30. The first-order chi connectivity index (χ1) is 9.79. The van der Waals surface area contributed by atoms with Crippen LogP contribution in [-0.4, -0.2) is 12.0 Å². The highest BCUT2D eigenvalue weighted by Crippen LogP contribution is 2.32. The Bertz CT molecular complexity index is 748. The van der Waals surface area contributed by atoms with Crippen LogP contribution in [0, 0.1) is 0 Å². The lowest BCUT2D eigenvalue weighted by Crippen LogP contribution is -2.06. The predicted octanol–water partition coefficient (Wildman–Crippen LogP) is 4.27. The second-order valence-corrected chi connectivity index (χ2v) is 5.17. The minimum absolute atomic E-state index is 0.765. The molecule has 0 saturated heterocycles. The quantitative estimate of drug-likeness (QED) is 0.776. The third kappa shape index (κ3) is 2.40. The van der Waals surface area contributed by atoms with E-state index in [4.69, 9.17) is 11.6 Å². The lowest BCUT2D eigenvalue weighted by Gasteiger charge is -2.12. The Morgan fingerprint density at radius 1 is 1.10 bits per heavy atom. The predicted molar refractivity (Wildman–Crippen MR) is 85.0 cm³/mol. The van der Waals surface area contributed by atoms with Crippen molar-refractivity contribution in [1.29, 1.82) is 0 Å². The van der Waals surface area contributed by atoms with Crippen LogP contribution in [0.1, 0.15) is 5.56 Å². The van der Waals surface area contributed by atoms with Crippen molar-refractivity contribution in [2.45, 2.75) is 6.54 Å². The number of aromatic nitrogens is 1. The summed E-state index contributed by atoms with van der Waals surface area (Å²) in [5.41, 5.74) is 3.62. The van der Waals surface area contributed by atoms with Crippen molar-refractivity contribution in [3.05, 3.63) is 65.4 Å². The fraction of sp³-hybridized carbons (Fsp3) is 0.118. The molecule has 0 spiro atoms. The van der Waals surface area contributed by atoms with E-state index >= 15 is 0 Å². The van der Waals surface area contributed by atoms with Crippen molar-refractivity contribution in [2.24, 2.45) is 0 Å². The van der Waals surface area contributed by atoms with Crippen molar-refractivity contribution < 1.29 is 0 Å². The van der Waals surface area contributed by atoms with Gasteiger partial charge in [-0.25, -0.2) is 0 Å². The largest absolute Gasteiger partial charge is 0.316 e. The molecular formula is C17H15ClN2. The Balaban J connectivity index is 2.25. The number of hydrogen-bond acceptors (Lipinski definition) is 2. The van der Waals surface area contributed by atoms with E-state index in [9.17, 15) is 0 Å². The first kappa shape index (κ1) is 13.1. The number of nitrogens with zero attached hydrogens (tertiary/aromatic N) is 1. The van der Waals surface area contributed by atoms with Gasteiger partial charge in [0.15, 0.2) is 0 Å². The van der Waals surface area contributed by atoms with Gasteiger partial charge in [0.2, 0.25) is 0 Å². The van der Waals surface area contributed by atoms with Crippen LogP contribution in [0.2, 0.25) is 5.02 Å². The number of pyridine rings is 1. The summed E-state index contributed by atoms with van der Waals surface area (Å²) in [6.45, 7) is 0.789. The zero-order valence-corrected chi connectivity index (χ0v) is 12.0. The lowest BCUT2D eigenvalue weighted by atomic mass is 9.95. The summed E-state index contributed by atoms with van der Waals surface area (Å²) in [7, 11) is 1.94.